The van der Waals surface area contributed by atoms with E-state index in [1.54, 1.807) is 0 Å². The molecule has 0 nitrogen and oxygen atoms in total. The van der Waals surface area contributed by atoms with Gasteiger partial charge in [-0.2, -0.15) is 0 Å². The fraction of sp³-hybridized carbons (Fsp3) is 0.200. The maximum Gasteiger partial charge on any atom is -0.0181 e. The standard InChI is InChI=1S/C15H18/c1-4-8-14(9-5-2)15-11-7-10-13(6-3)12-15/h4-5,7-12H,1,6H2,2-3H3/b9-5+,14-8+. The van der Waals surface area contributed by atoms with Gasteiger partial charge in [0.2, 0.25) is 0 Å². The average molecular weight is 198 g/mol. The van der Waals surface area contributed by atoms with Gasteiger partial charge in [-0.05, 0) is 30.0 Å². The Morgan fingerprint density at radius 2 is 2.20 bits per heavy atom. The maximum absolute atomic E-state index is 3.74. The Kier molecular flexibility index (Phi) is 4.62. The van der Waals surface area contributed by atoms with Crippen molar-refractivity contribution in [1.82, 2.24) is 0 Å². The van der Waals surface area contributed by atoms with E-state index in [2.05, 4.69) is 43.8 Å². The molecule has 0 heterocycles. The predicted octanol–water partition coefficient (Wildman–Crippen LogP) is 4.39. The lowest BCUT2D eigenvalue weighted by atomic mass is 10.0. The molecule has 1 aromatic rings. The van der Waals surface area contributed by atoms with Crippen molar-refractivity contribution >= 4 is 5.57 Å². The van der Waals surface area contributed by atoms with Crippen molar-refractivity contribution in [1.29, 1.82) is 0 Å². The van der Waals surface area contributed by atoms with Crippen LogP contribution in [0.5, 0.6) is 0 Å². The summed E-state index contributed by atoms with van der Waals surface area (Å²) in [5.74, 6) is 0. The molecule has 1 rings (SSSR count). The second-order valence-corrected chi connectivity index (χ2v) is 3.41. The average Bonchev–Trinajstić information content (AvgIpc) is 2.29. The van der Waals surface area contributed by atoms with Crippen molar-refractivity contribution in [3.63, 3.8) is 0 Å². The minimum absolute atomic E-state index is 1.07. The smallest absolute Gasteiger partial charge is 0.0181 e. The Morgan fingerprint density at radius 1 is 1.40 bits per heavy atom. The largest absolute Gasteiger partial charge is 0.0990 e. The summed E-state index contributed by atoms with van der Waals surface area (Å²) in [5.41, 5.74) is 3.84. The van der Waals surface area contributed by atoms with Crippen LogP contribution in [0.1, 0.15) is 25.0 Å². The van der Waals surface area contributed by atoms with Crippen LogP contribution in [0.4, 0.5) is 0 Å². The first-order valence-corrected chi connectivity index (χ1v) is 5.36. The van der Waals surface area contributed by atoms with E-state index >= 15 is 0 Å². The van der Waals surface area contributed by atoms with Gasteiger partial charge < -0.3 is 0 Å². The topological polar surface area (TPSA) is 0 Å². The van der Waals surface area contributed by atoms with Crippen molar-refractivity contribution in [2.75, 3.05) is 0 Å². The van der Waals surface area contributed by atoms with Gasteiger partial charge in [0.05, 0.1) is 0 Å². The maximum atomic E-state index is 3.74. The van der Waals surface area contributed by atoms with Gasteiger partial charge in [-0.25, -0.2) is 0 Å². The van der Waals surface area contributed by atoms with Crippen molar-refractivity contribution < 1.29 is 0 Å². The highest BCUT2D eigenvalue weighted by atomic mass is 14.0. The van der Waals surface area contributed by atoms with Crippen molar-refractivity contribution in [2.24, 2.45) is 0 Å². The molecule has 0 N–H and O–H groups in total. The summed E-state index contributed by atoms with van der Waals surface area (Å²) in [7, 11) is 0. The van der Waals surface area contributed by atoms with E-state index in [4.69, 9.17) is 0 Å². The summed E-state index contributed by atoms with van der Waals surface area (Å²) < 4.78 is 0. The molecule has 0 heteroatoms. The van der Waals surface area contributed by atoms with Gasteiger partial charge in [-0.1, -0.05) is 62.1 Å². The van der Waals surface area contributed by atoms with E-state index in [0.29, 0.717) is 0 Å². The molecular formula is C15H18. The summed E-state index contributed by atoms with van der Waals surface area (Å²) in [4.78, 5) is 0. The zero-order valence-electron chi connectivity index (χ0n) is 9.53. The van der Waals surface area contributed by atoms with Crippen LogP contribution < -0.4 is 0 Å². The van der Waals surface area contributed by atoms with Crippen LogP contribution >= 0.6 is 0 Å². The third-order valence-electron chi connectivity index (χ3n) is 2.31. The number of aryl methyl sites for hydroxylation is 1. The molecule has 15 heavy (non-hydrogen) atoms. The van der Waals surface area contributed by atoms with E-state index in [1.807, 2.05) is 25.2 Å². The van der Waals surface area contributed by atoms with Gasteiger partial charge in [0.25, 0.3) is 0 Å². The summed E-state index contributed by atoms with van der Waals surface area (Å²) >= 11 is 0. The Balaban J connectivity index is 3.11. The second kappa shape index (κ2) is 6.02. The van der Waals surface area contributed by atoms with Gasteiger partial charge in [-0.15, -0.1) is 0 Å². The van der Waals surface area contributed by atoms with Crippen molar-refractivity contribution in [2.45, 2.75) is 20.3 Å². The Hall–Kier alpha value is -1.56. The van der Waals surface area contributed by atoms with Crippen LogP contribution in [0.2, 0.25) is 0 Å². The molecule has 0 bridgehead atoms. The molecule has 0 aliphatic rings. The first-order valence-electron chi connectivity index (χ1n) is 5.36. The molecule has 0 aliphatic carbocycles. The summed E-state index contributed by atoms with van der Waals surface area (Å²) in [6.07, 6.45) is 9.10. The van der Waals surface area contributed by atoms with E-state index in [0.717, 1.165) is 6.42 Å². The molecule has 78 valence electrons. The number of allylic oxidation sites excluding steroid dienone is 5. The molecule has 0 radical (unpaired) electrons. The summed E-state index contributed by atoms with van der Waals surface area (Å²) in [6, 6.07) is 8.63. The van der Waals surface area contributed by atoms with E-state index in [1.165, 1.54) is 16.7 Å². The first kappa shape index (κ1) is 11.5. The second-order valence-electron chi connectivity index (χ2n) is 3.41. The van der Waals surface area contributed by atoms with E-state index in [-0.39, 0.29) is 0 Å². The fourth-order valence-electron chi connectivity index (χ4n) is 1.53. The Morgan fingerprint density at radius 3 is 2.80 bits per heavy atom. The molecule has 0 fully saturated rings. The lowest BCUT2D eigenvalue weighted by molar-refractivity contribution is 1.14. The summed E-state index contributed by atoms with van der Waals surface area (Å²) in [6.45, 7) is 7.94. The predicted molar refractivity (Wildman–Crippen MR) is 68.8 cm³/mol. The van der Waals surface area contributed by atoms with Crippen LogP contribution in [0.3, 0.4) is 0 Å². The highest BCUT2D eigenvalue weighted by Gasteiger charge is 1.97. The van der Waals surface area contributed by atoms with Crippen LogP contribution in [-0.4, -0.2) is 0 Å². The minimum Gasteiger partial charge on any atom is -0.0990 e. The van der Waals surface area contributed by atoms with Gasteiger partial charge in [0.15, 0.2) is 0 Å². The van der Waals surface area contributed by atoms with Crippen molar-refractivity contribution in [3.05, 3.63) is 66.3 Å². The quantitative estimate of drug-likeness (QED) is 0.629. The zero-order valence-corrected chi connectivity index (χ0v) is 9.53. The highest BCUT2D eigenvalue weighted by Crippen LogP contribution is 2.17. The lowest BCUT2D eigenvalue weighted by Crippen LogP contribution is -1.85. The molecule has 0 aliphatic heterocycles. The highest BCUT2D eigenvalue weighted by molar-refractivity contribution is 5.75. The van der Waals surface area contributed by atoms with Gasteiger partial charge in [0.1, 0.15) is 0 Å². The molecule has 0 saturated carbocycles. The van der Waals surface area contributed by atoms with Crippen LogP contribution in [0, 0.1) is 0 Å². The van der Waals surface area contributed by atoms with Crippen LogP contribution in [0.15, 0.2) is 55.1 Å². The van der Waals surface area contributed by atoms with Gasteiger partial charge in [0, 0.05) is 0 Å². The molecule has 0 saturated heterocycles. The monoisotopic (exact) mass is 198 g/mol. The molecule has 0 unspecified atom stereocenters. The number of benzene rings is 1. The Bertz CT molecular complexity index is 381. The third-order valence-corrected chi connectivity index (χ3v) is 2.31. The molecule has 0 atom stereocenters. The molecule has 0 amide bonds. The van der Waals surface area contributed by atoms with E-state index < -0.39 is 0 Å². The Labute approximate surface area is 92.6 Å². The molecular weight excluding hydrogens is 180 g/mol. The zero-order chi connectivity index (χ0) is 11.1. The summed E-state index contributed by atoms with van der Waals surface area (Å²) in [5, 5.41) is 0. The number of rotatable bonds is 4. The van der Waals surface area contributed by atoms with E-state index in [9.17, 15) is 0 Å². The fourth-order valence-corrected chi connectivity index (χ4v) is 1.53. The number of hydrogen-bond donors (Lipinski definition) is 0. The first-order chi connectivity index (χ1) is 7.31. The normalized spacial score (nSPS) is 12.0. The van der Waals surface area contributed by atoms with Gasteiger partial charge >= 0.3 is 0 Å². The van der Waals surface area contributed by atoms with Crippen molar-refractivity contribution in [3.8, 4) is 0 Å². The molecule has 0 spiro atoms. The lowest BCUT2D eigenvalue weighted by Gasteiger charge is -2.04. The third kappa shape index (κ3) is 3.25. The molecule has 1 aromatic carbocycles. The minimum atomic E-state index is 1.07. The van der Waals surface area contributed by atoms with Crippen LogP contribution in [0.25, 0.3) is 5.57 Å². The SMILES string of the molecule is C=C/C=C(\C=C\C)c1cccc(CC)c1. The number of hydrogen-bond acceptors (Lipinski definition) is 0. The van der Waals surface area contributed by atoms with Gasteiger partial charge in [-0.3, -0.25) is 0 Å². The van der Waals surface area contributed by atoms with Crippen LogP contribution in [-0.2, 0) is 6.42 Å². The molecule has 0 aromatic heterocycles.